The van der Waals surface area contributed by atoms with Crippen molar-refractivity contribution in [2.45, 2.75) is 6.18 Å². The minimum atomic E-state index is -4.55. The number of carbonyl (C=O) groups excluding carboxylic acids is 1. The molecule has 2 heterocycles. The van der Waals surface area contributed by atoms with Crippen molar-refractivity contribution < 1.29 is 27.4 Å². The van der Waals surface area contributed by atoms with E-state index in [0.29, 0.717) is 23.7 Å². The van der Waals surface area contributed by atoms with E-state index in [4.69, 9.17) is 14.9 Å². The van der Waals surface area contributed by atoms with Gasteiger partial charge in [-0.3, -0.25) is 9.69 Å². The minimum absolute atomic E-state index is 0.0269. The van der Waals surface area contributed by atoms with Gasteiger partial charge in [-0.2, -0.15) is 18.3 Å². The van der Waals surface area contributed by atoms with Crippen LogP contribution in [0.5, 0.6) is 5.75 Å². The number of benzene rings is 2. The van der Waals surface area contributed by atoms with E-state index in [9.17, 15) is 22.8 Å². The van der Waals surface area contributed by atoms with E-state index in [2.05, 4.69) is 10.4 Å². The first-order valence-corrected chi connectivity index (χ1v) is 10.6. The van der Waals surface area contributed by atoms with Gasteiger partial charge in [0.25, 0.3) is 0 Å². The topological polar surface area (TPSA) is 110 Å². The second-order valence-electron chi connectivity index (χ2n) is 7.55. The van der Waals surface area contributed by atoms with Gasteiger partial charge < -0.3 is 20.2 Å². The lowest BCUT2D eigenvalue weighted by atomic mass is 10.1. The Labute approximate surface area is 202 Å². The minimum Gasteiger partial charge on any atom is -0.494 e. The van der Waals surface area contributed by atoms with E-state index in [1.165, 1.54) is 47.2 Å². The first-order chi connectivity index (χ1) is 17.2. The van der Waals surface area contributed by atoms with Gasteiger partial charge in [0, 0.05) is 30.2 Å². The Balaban J connectivity index is 1.71. The molecule has 1 fully saturated rings. The van der Waals surface area contributed by atoms with Crippen LogP contribution in [0.1, 0.15) is 11.3 Å². The van der Waals surface area contributed by atoms with E-state index >= 15 is 0 Å². The van der Waals surface area contributed by atoms with Crippen molar-refractivity contribution in [2.75, 3.05) is 30.5 Å². The molecule has 4 rings (SSSR count). The quantitative estimate of drug-likeness (QED) is 0.469. The molecule has 0 aliphatic carbocycles. The van der Waals surface area contributed by atoms with Crippen molar-refractivity contribution >= 4 is 29.4 Å². The van der Waals surface area contributed by atoms with Crippen LogP contribution >= 0.6 is 0 Å². The van der Waals surface area contributed by atoms with Gasteiger partial charge in [0.15, 0.2) is 5.69 Å². The van der Waals surface area contributed by atoms with Crippen LogP contribution in [0.25, 0.3) is 11.4 Å². The predicted molar refractivity (Wildman–Crippen MR) is 127 cm³/mol. The van der Waals surface area contributed by atoms with Gasteiger partial charge >= 0.3 is 12.3 Å². The average molecular weight is 499 g/mol. The highest BCUT2D eigenvalue weighted by molar-refractivity contribution is 5.90. The normalized spacial score (nSPS) is 13.9. The van der Waals surface area contributed by atoms with Crippen LogP contribution in [0.2, 0.25) is 0 Å². The molecule has 0 unspecified atom stereocenters. The number of nitrogens with zero attached hydrogens (tertiary/aromatic N) is 3. The molecule has 2 aromatic carbocycles. The van der Waals surface area contributed by atoms with Gasteiger partial charge in [-0.1, -0.05) is 6.07 Å². The monoisotopic (exact) mass is 499 g/mol. The molecule has 0 bridgehead atoms. The van der Waals surface area contributed by atoms with Crippen molar-refractivity contribution in [3.8, 4) is 11.4 Å². The first-order valence-electron chi connectivity index (χ1n) is 10.6. The number of anilines is 2. The lowest BCUT2D eigenvalue weighted by Gasteiger charge is -2.17. The third-order valence-corrected chi connectivity index (χ3v) is 5.26. The molecule has 0 spiro atoms. The summed E-state index contributed by atoms with van der Waals surface area (Å²) in [5, 5.41) is 14.5. The summed E-state index contributed by atoms with van der Waals surface area (Å²) in [7, 11) is 1.43. The summed E-state index contributed by atoms with van der Waals surface area (Å²) < 4.78 is 51.1. The first kappa shape index (κ1) is 24.5. The van der Waals surface area contributed by atoms with Crippen molar-refractivity contribution in [1.29, 1.82) is 5.41 Å². The second kappa shape index (κ2) is 9.94. The Hall–Kier alpha value is -4.61. The Morgan fingerprint density at radius 2 is 2.00 bits per heavy atom. The number of ether oxygens (including phenoxy) is 2. The molecule has 1 aliphatic rings. The smallest absolute Gasteiger partial charge is 0.416 e. The zero-order chi connectivity index (χ0) is 25.9. The number of nitrogens with one attached hydrogen (secondary N) is 2. The Kier molecular flexibility index (Phi) is 6.77. The molecule has 2 N–H and O–H groups in total. The number of methoxy groups -OCH3 is 1. The summed E-state index contributed by atoms with van der Waals surface area (Å²) in [5.41, 5.74) is -0.444. The summed E-state index contributed by atoms with van der Waals surface area (Å²) in [5.74, 6) is 0.345. The number of carbonyl (C=O) groups is 1. The largest absolute Gasteiger partial charge is 0.494 e. The SMILES string of the molecule is COc1cc(N2CCOC2=O)ccc1-n1ccc(=O)c(/C(=C/C=N)Nc2cccc(C(F)(F)F)c2)n1. The van der Waals surface area contributed by atoms with E-state index in [1.807, 2.05) is 0 Å². The molecule has 3 aromatic rings. The summed E-state index contributed by atoms with van der Waals surface area (Å²) >= 11 is 0. The number of alkyl halides is 3. The summed E-state index contributed by atoms with van der Waals surface area (Å²) in [6.07, 6.45) is -1.52. The van der Waals surface area contributed by atoms with Crippen molar-refractivity contribution in [3.63, 3.8) is 0 Å². The van der Waals surface area contributed by atoms with E-state index in [1.54, 1.807) is 18.2 Å². The van der Waals surface area contributed by atoms with E-state index in [0.717, 1.165) is 18.3 Å². The van der Waals surface area contributed by atoms with Gasteiger partial charge in [-0.15, -0.1) is 0 Å². The molecule has 1 saturated heterocycles. The number of aromatic nitrogens is 2. The Bertz CT molecular complexity index is 1400. The highest BCUT2D eigenvalue weighted by Crippen LogP contribution is 2.32. The number of rotatable bonds is 7. The third-order valence-electron chi connectivity index (χ3n) is 5.26. The molecule has 1 amide bonds. The molecule has 1 aliphatic heterocycles. The lowest BCUT2D eigenvalue weighted by Crippen LogP contribution is -2.23. The number of amides is 1. The molecule has 186 valence electrons. The zero-order valence-corrected chi connectivity index (χ0v) is 18.9. The number of hydrogen-bond donors (Lipinski definition) is 2. The van der Waals surface area contributed by atoms with Gasteiger partial charge in [-0.25, -0.2) is 9.48 Å². The maximum atomic E-state index is 13.1. The fourth-order valence-corrected chi connectivity index (χ4v) is 3.57. The van der Waals surface area contributed by atoms with Gasteiger partial charge in [0.1, 0.15) is 18.0 Å². The number of allylic oxidation sites excluding steroid dienone is 1. The van der Waals surface area contributed by atoms with E-state index in [-0.39, 0.29) is 23.7 Å². The fraction of sp³-hybridized carbons (Fsp3) is 0.167. The van der Waals surface area contributed by atoms with Crippen LogP contribution in [0.4, 0.5) is 29.3 Å². The third kappa shape index (κ3) is 5.06. The maximum Gasteiger partial charge on any atom is 0.416 e. The van der Waals surface area contributed by atoms with Crippen molar-refractivity contribution in [2.24, 2.45) is 0 Å². The molecule has 1 aromatic heterocycles. The van der Waals surface area contributed by atoms with Crippen LogP contribution in [-0.4, -0.2) is 42.3 Å². The van der Waals surface area contributed by atoms with Crippen molar-refractivity contribution in [3.05, 3.63) is 82.3 Å². The standard InChI is InChI=1S/C24H20F3N5O4/c1-35-21-14-17(31-11-12-36-23(31)34)5-6-19(21)32-10-8-20(33)22(30-32)18(7-9-28)29-16-4-2-3-15(13-16)24(25,26)27/h2-10,13-14,28-29H,11-12H2,1H3/b18-7-,28-9?. The van der Waals surface area contributed by atoms with Crippen LogP contribution in [0.15, 0.2) is 65.6 Å². The van der Waals surface area contributed by atoms with E-state index < -0.39 is 23.3 Å². The molecular weight excluding hydrogens is 479 g/mol. The number of halogens is 3. The summed E-state index contributed by atoms with van der Waals surface area (Å²) in [6.45, 7) is 0.662. The van der Waals surface area contributed by atoms with Crippen molar-refractivity contribution in [1.82, 2.24) is 9.78 Å². The van der Waals surface area contributed by atoms with Gasteiger partial charge in [0.2, 0.25) is 5.43 Å². The Morgan fingerprint density at radius 3 is 2.67 bits per heavy atom. The zero-order valence-electron chi connectivity index (χ0n) is 18.9. The maximum absolute atomic E-state index is 13.1. The number of hydrogen-bond acceptors (Lipinski definition) is 7. The fourth-order valence-electron chi connectivity index (χ4n) is 3.57. The van der Waals surface area contributed by atoms with Crippen LogP contribution in [-0.2, 0) is 10.9 Å². The van der Waals surface area contributed by atoms with Crippen LogP contribution in [0.3, 0.4) is 0 Å². The summed E-state index contributed by atoms with van der Waals surface area (Å²) in [6, 6.07) is 10.6. The molecule has 9 nitrogen and oxygen atoms in total. The molecule has 0 saturated carbocycles. The molecule has 0 atom stereocenters. The van der Waals surface area contributed by atoms with Crippen LogP contribution < -0.4 is 20.4 Å². The molecule has 36 heavy (non-hydrogen) atoms. The molecular formula is C24H20F3N5O4. The Morgan fingerprint density at radius 1 is 1.19 bits per heavy atom. The highest BCUT2D eigenvalue weighted by Gasteiger charge is 2.30. The molecule has 0 radical (unpaired) electrons. The highest BCUT2D eigenvalue weighted by atomic mass is 19.4. The van der Waals surface area contributed by atoms with Gasteiger partial charge in [0.05, 0.1) is 30.6 Å². The molecule has 12 heteroatoms. The predicted octanol–water partition coefficient (Wildman–Crippen LogP) is 4.32. The summed E-state index contributed by atoms with van der Waals surface area (Å²) in [4.78, 5) is 26.0. The number of cyclic esters (lactones) is 1. The second-order valence-corrected chi connectivity index (χ2v) is 7.55. The average Bonchev–Trinajstić information content (AvgIpc) is 3.29. The van der Waals surface area contributed by atoms with Gasteiger partial charge in [-0.05, 0) is 36.4 Å². The van der Waals surface area contributed by atoms with Crippen LogP contribution in [0, 0.1) is 5.41 Å². The lowest BCUT2D eigenvalue weighted by molar-refractivity contribution is -0.137.